The van der Waals surface area contributed by atoms with Gasteiger partial charge in [0.15, 0.2) is 6.10 Å². The van der Waals surface area contributed by atoms with Crippen LogP contribution in [0.5, 0.6) is 0 Å². The molecule has 0 aromatic heterocycles. The highest BCUT2D eigenvalue weighted by molar-refractivity contribution is 6.42. The normalized spacial score (nSPS) is 27.1. The van der Waals surface area contributed by atoms with E-state index in [1.165, 1.54) is 5.06 Å². The molecule has 2 fully saturated rings. The number of rotatable bonds is 4. The van der Waals surface area contributed by atoms with Crippen LogP contribution in [-0.4, -0.2) is 35.4 Å². The van der Waals surface area contributed by atoms with Gasteiger partial charge in [-0.05, 0) is 17.7 Å². The molecule has 2 heterocycles. The Morgan fingerprint density at radius 1 is 1.26 bits per heavy atom. The SMILES string of the molecule is NC(=O)CCN1OC2C(=O)NC(=O)C2C1c1ccc(Cl)c(Cl)c1. The van der Waals surface area contributed by atoms with Gasteiger partial charge in [-0.25, -0.2) is 0 Å². The first kappa shape index (κ1) is 16.2. The zero-order valence-electron chi connectivity index (χ0n) is 11.8. The van der Waals surface area contributed by atoms with Crippen LogP contribution in [0.1, 0.15) is 18.0 Å². The number of hydrogen-bond donors (Lipinski definition) is 2. The Morgan fingerprint density at radius 3 is 2.65 bits per heavy atom. The van der Waals surface area contributed by atoms with Crippen LogP contribution in [0.25, 0.3) is 0 Å². The van der Waals surface area contributed by atoms with E-state index in [4.69, 9.17) is 33.8 Å². The van der Waals surface area contributed by atoms with Crippen molar-refractivity contribution >= 4 is 40.9 Å². The standard InChI is InChI=1S/C14H13Cl2N3O4/c15-7-2-1-6(5-8(7)16)11-10-12(14(22)18-13(10)21)23-19(11)4-3-9(17)20/h1-2,5,10-12H,3-4H2,(H2,17,20)(H,18,21,22). The molecule has 1 aromatic rings. The molecule has 1 aromatic carbocycles. The monoisotopic (exact) mass is 357 g/mol. The highest BCUT2D eigenvalue weighted by atomic mass is 35.5. The first-order valence-corrected chi connectivity index (χ1v) is 7.65. The fourth-order valence-electron chi connectivity index (χ4n) is 2.87. The van der Waals surface area contributed by atoms with E-state index in [0.717, 1.165) is 0 Å². The van der Waals surface area contributed by atoms with Crippen LogP contribution >= 0.6 is 23.2 Å². The average Bonchev–Trinajstić information content (AvgIpc) is 2.99. The Morgan fingerprint density at radius 2 is 2.00 bits per heavy atom. The molecule has 23 heavy (non-hydrogen) atoms. The minimum absolute atomic E-state index is 0.0348. The topological polar surface area (TPSA) is 102 Å². The molecule has 9 heteroatoms. The quantitative estimate of drug-likeness (QED) is 0.776. The second-order valence-corrected chi connectivity index (χ2v) is 6.20. The van der Waals surface area contributed by atoms with Crippen molar-refractivity contribution in [2.24, 2.45) is 11.7 Å². The van der Waals surface area contributed by atoms with Gasteiger partial charge in [-0.15, -0.1) is 0 Å². The van der Waals surface area contributed by atoms with Crippen molar-refractivity contribution in [2.75, 3.05) is 6.54 Å². The Balaban J connectivity index is 1.96. The molecular weight excluding hydrogens is 345 g/mol. The third kappa shape index (κ3) is 2.92. The summed E-state index contributed by atoms with van der Waals surface area (Å²) in [5.74, 6) is -2.13. The van der Waals surface area contributed by atoms with Crippen LogP contribution < -0.4 is 11.1 Å². The number of amides is 3. The number of hydroxylamine groups is 2. The van der Waals surface area contributed by atoms with Crippen molar-refractivity contribution in [1.82, 2.24) is 10.4 Å². The fourth-order valence-corrected chi connectivity index (χ4v) is 3.18. The summed E-state index contributed by atoms with van der Waals surface area (Å²) in [6.07, 6.45) is -0.887. The number of carbonyl (C=O) groups is 3. The molecule has 122 valence electrons. The van der Waals surface area contributed by atoms with E-state index in [1.807, 2.05) is 0 Å². The number of nitrogens with zero attached hydrogens (tertiary/aromatic N) is 1. The molecule has 3 N–H and O–H groups in total. The number of halogens is 2. The molecule has 0 spiro atoms. The summed E-state index contributed by atoms with van der Waals surface area (Å²) in [7, 11) is 0. The Bertz CT molecular complexity index is 697. The van der Waals surface area contributed by atoms with Gasteiger partial charge in [0.05, 0.1) is 22.0 Å². The van der Waals surface area contributed by atoms with Crippen LogP contribution in [0.3, 0.4) is 0 Å². The first-order valence-electron chi connectivity index (χ1n) is 6.90. The molecule has 2 aliphatic heterocycles. The number of fused-ring (bicyclic) bond motifs is 1. The van der Waals surface area contributed by atoms with E-state index < -0.39 is 35.8 Å². The van der Waals surface area contributed by atoms with Gasteiger partial charge in [0.25, 0.3) is 5.91 Å². The molecule has 0 saturated carbocycles. The van der Waals surface area contributed by atoms with Gasteiger partial charge in [-0.1, -0.05) is 29.3 Å². The number of nitrogens with two attached hydrogens (primary N) is 1. The Kier molecular flexibility index (Phi) is 4.29. The first-order chi connectivity index (χ1) is 10.9. The second-order valence-electron chi connectivity index (χ2n) is 5.38. The maximum atomic E-state index is 12.1. The van der Waals surface area contributed by atoms with Gasteiger partial charge in [-0.2, -0.15) is 5.06 Å². The molecule has 0 radical (unpaired) electrons. The number of carbonyl (C=O) groups excluding carboxylic acids is 3. The number of hydrogen-bond acceptors (Lipinski definition) is 5. The van der Waals surface area contributed by atoms with Crippen LogP contribution in [0.15, 0.2) is 18.2 Å². The van der Waals surface area contributed by atoms with Crippen LogP contribution in [0.2, 0.25) is 10.0 Å². The summed E-state index contributed by atoms with van der Waals surface area (Å²) in [5, 5.41) is 4.39. The maximum absolute atomic E-state index is 12.1. The second kappa shape index (κ2) is 6.09. The largest absolute Gasteiger partial charge is 0.370 e. The molecular formula is C14H13Cl2N3O4. The minimum atomic E-state index is -0.921. The van der Waals surface area contributed by atoms with Gasteiger partial charge >= 0.3 is 0 Å². The summed E-state index contributed by atoms with van der Waals surface area (Å²) >= 11 is 12.0. The lowest BCUT2D eigenvalue weighted by Gasteiger charge is -2.25. The van der Waals surface area contributed by atoms with E-state index >= 15 is 0 Å². The van der Waals surface area contributed by atoms with Crippen molar-refractivity contribution in [3.63, 3.8) is 0 Å². The van der Waals surface area contributed by atoms with Gasteiger partial charge in [0, 0.05) is 13.0 Å². The third-order valence-electron chi connectivity index (χ3n) is 3.90. The van der Waals surface area contributed by atoms with Gasteiger partial charge in [0.2, 0.25) is 11.8 Å². The van der Waals surface area contributed by atoms with Crippen molar-refractivity contribution < 1.29 is 19.2 Å². The zero-order valence-corrected chi connectivity index (χ0v) is 13.3. The van der Waals surface area contributed by atoms with Gasteiger partial charge in [0.1, 0.15) is 0 Å². The summed E-state index contributed by atoms with van der Waals surface area (Å²) in [4.78, 5) is 40.5. The minimum Gasteiger partial charge on any atom is -0.370 e. The fraction of sp³-hybridized carbons (Fsp3) is 0.357. The predicted octanol–water partition coefficient (Wildman–Crippen LogP) is 0.798. The van der Waals surface area contributed by atoms with Crippen LogP contribution in [-0.2, 0) is 19.2 Å². The molecule has 2 saturated heterocycles. The van der Waals surface area contributed by atoms with E-state index in [9.17, 15) is 14.4 Å². The van der Waals surface area contributed by atoms with Crippen molar-refractivity contribution in [3.05, 3.63) is 33.8 Å². The number of benzene rings is 1. The van der Waals surface area contributed by atoms with E-state index in [1.54, 1.807) is 18.2 Å². The van der Waals surface area contributed by atoms with Crippen molar-refractivity contribution in [1.29, 1.82) is 0 Å². The molecule has 0 aliphatic carbocycles. The summed E-state index contributed by atoms with van der Waals surface area (Å²) in [5.41, 5.74) is 5.83. The van der Waals surface area contributed by atoms with Crippen LogP contribution in [0, 0.1) is 5.92 Å². The average molecular weight is 358 g/mol. The lowest BCUT2D eigenvalue weighted by Crippen LogP contribution is -2.34. The Labute approximate surface area is 141 Å². The van der Waals surface area contributed by atoms with Crippen molar-refractivity contribution in [3.8, 4) is 0 Å². The lowest BCUT2D eigenvalue weighted by atomic mass is 9.91. The maximum Gasteiger partial charge on any atom is 0.258 e. The highest BCUT2D eigenvalue weighted by Crippen LogP contribution is 2.43. The van der Waals surface area contributed by atoms with Crippen molar-refractivity contribution in [2.45, 2.75) is 18.6 Å². The van der Waals surface area contributed by atoms with Gasteiger partial charge < -0.3 is 5.73 Å². The van der Waals surface area contributed by atoms with E-state index in [0.29, 0.717) is 15.6 Å². The molecule has 3 rings (SSSR count). The number of primary amides is 1. The predicted molar refractivity (Wildman–Crippen MR) is 81.2 cm³/mol. The number of imide groups is 1. The molecule has 0 bridgehead atoms. The molecule has 2 aliphatic rings. The van der Waals surface area contributed by atoms with Gasteiger partial charge in [-0.3, -0.25) is 24.5 Å². The van der Waals surface area contributed by atoms with E-state index in [2.05, 4.69) is 5.32 Å². The highest BCUT2D eigenvalue weighted by Gasteiger charge is 2.56. The molecule has 3 atom stereocenters. The summed E-state index contributed by atoms with van der Waals surface area (Å²) in [6, 6.07) is 4.37. The molecule has 3 amide bonds. The summed E-state index contributed by atoms with van der Waals surface area (Å²) < 4.78 is 0. The third-order valence-corrected chi connectivity index (χ3v) is 4.64. The lowest BCUT2D eigenvalue weighted by molar-refractivity contribution is -0.174. The Hall–Kier alpha value is -1.67. The van der Waals surface area contributed by atoms with Crippen LogP contribution in [0.4, 0.5) is 0 Å². The molecule has 7 nitrogen and oxygen atoms in total. The zero-order chi connectivity index (χ0) is 16.7. The smallest absolute Gasteiger partial charge is 0.258 e. The number of nitrogens with one attached hydrogen (secondary N) is 1. The summed E-state index contributed by atoms with van der Waals surface area (Å²) in [6.45, 7) is 0.161. The molecule has 3 unspecified atom stereocenters. The van der Waals surface area contributed by atoms with E-state index in [-0.39, 0.29) is 13.0 Å².